The molecular formula is C13H20BrClN2S. The van der Waals surface area contributed by atoms with Gasteiger partial charge in [-0.1, -0.05) is 24.9 Å². The van der Waals surface area contributed by atoms with Crippen LogP contribution in [0.4, 0.5) is 0 Å². The third kappa shape index (κ3) is 3.48. The highest BCUT2D eigenvalue weighted by atomic mass is 79.9. The van der Waals surface area contributed by atoms with Gasteiger partial charge in [0.05, 0.1) is 6.04 Å². The number of hydrogen-bond donors (Lipinski definition) is 1. The highest BCUT2D eigenvalue weighted by Crippen LogP contribution is 2.40. The molecule has 0 aliphatic heterocycles. The van der Waals surface area contributed by atoms with Crippen molar-refractivity contribution in [3.63, 3.8) is 0 Å². The largest absolute Gasteiger partial charge is 0.329 e. The predicted molar refractivity (Wildman–Crippen MR) is 83.5 cm³/mol. The summed E-state index contributed by atoms with van der Waals surface area (Å²) in [7, 11) is 0. The van der Waals surface area contributed by atoms with Crippen LogP contribution in [0.25, 0.3) is 0 Å². The molecule has 0 spiro atoms. The molecule has 0 amide bonds. The van der Waals surface area contributed by atoms with E-state index in [9.17, 15) is 0 Å². The van der Waals surface area contributed by atoms with E-state index in [-0.39, 0.29) is 0 Å². The van der Waals surface area contributed by atoms with Crippen LogP contribution in [0.3, 0.4) is 0 Å². The van der Waals surface area contributed by atoms with Gasteiger partial charge in [-0.05, 0) is 47.8 Å². The Kier molecular flexibility index (Phi) is 5.51. The Morgan fingerprint density at radius 2 is 2.33 bits per heavy atom. The Bertz CT molecular complexity index is 373. The van der Waals surface area contributed by atoms with Crippen LogP contribution in [0, 0.1) is 0 Å². The van der Waals surface area contributed by atoms with Crippen LogP contribution in [0.1, 0.15) is 43.5 Å². The van der Waals surface area contributed by atoms with Crippen LogP contribution in [-0.2, 0) is 0 Å². The fourth-order valence-corrected chi connectivity index (χ4v) is 4.15. The second-order valence-electron chi connectivity index (χ2n) is 4.84. The molecule has 102 valence electrons. The summed E-state index contributed by atoms with van der Waals surface area (Å²) >= 11 is 11.3. The van der Waals surface area contributed by atoms with Gasteiger partial charge in [0.1, 0.15) is 4.34 Å². The Balaban J connectivity index is 2.13. The first-order valence-electron chi connectivity index (χ1n) is 6.57. The SMILES string of the molecule is CCCCN(C1CC1)C(CN)c1cc(Br)c(Cl)s1. The van der Waals surface area contributed by atoms with Crippen LogP contribution in [0.5, 0.6) is 0 Å². The van der Waals surface area contributed by atoms with Gasteiger partial charge in [0, 0.05) is 21.9 Å². The van der Waals surface area contributed by atoms with Crippen molar-refractivity contribution in [2.24, 2.45) is 5.73 Å². The van der Waals surface area contributed by atoms with E-state index < -0.39 is 0 Å². The van der Waals surface area contributed by atoms with Gasteiger partial charge in [0.15, 0.2) is 0 Å². The molecule has 18 heavy (non-hydrogen) atoms. The number of halogens is 2. The molecule has 1 aromatic rings. The summed E-state index contributed by atoms with van der Waals surface area (Å²) in [6, 6.07) is 3.20. The normalized spacial score (nSPS) is 17.4. The average molecular weight is 352 g/mol. The summed E-state index contributed by atoms with van der Waals surface area (Å²) in [6.45, 7) is 4.06. The molecule has 1 heterocycles. The van der Waals surface area contributed by atoms with Crippen molar-refractivity contribution >= 4 is 38.9 Å². The van der Waals surface area contributed by atoms with Crippen LogP contribution in [0.2, 0.25) is 4.34 Å². The van der Waals surface area contributed by atoms with E-state index >= 15 is 0 Å². The second-order valence-corrected chi connectivity index (χ2v) is 7.38. The molecule has 2 rings (SSSR count). The highest BCUT2D eigenvalue weighted by molar-refractivity contribution is 9.10. The van der Waals surface area contributed by atoms with Gasteiger partial charge >= 0.3 is 0 Å². The molecule has 0 saturated heterocycles. The number of nitrogens with two attached hydrogens (primary N) is 1. The first-order valence-corrected chi connectivity index (χ1v) is 8.56. The molecule has 0 radical (unpaired) electrons. The summed E-state index contributed by atoms with van der Waals surface area (Å²) in [6.07, 6.45) is 5.11. The minimum absolute atomic E-state index is 0.331. The standard InChI is InChI=1S/C13H20BrClN2S/c1-2-3-6-17(9-4-5-9)11(8-16)12-7-10(14)13(15)18-12/h7,9,11H,2-6,8,16H2,1H3. The van der Waals surface area contributed by atoms with Crippen molar-refractivity contribution < 1.29 is 0 Å². The number of hydrogen-bond acceptors (Lipinski definition) is 3. The van der Waals surface area contributed by atoms with E-state index in [0.717, 1.165) is 21.4 Å². The lowest BCUT2D eigenvalue weighted by Crippen LogP contribution is -2.35. The van der Waals surface area contributed by atoms with Crippen molar-refractivity contribution in [2.75, 3.05) is 13.1 Å². The first-order chi connectivity index (χ1) is 8.67. The number of unbranched alkanes of at least 4 members (excludes halogenated alkanes) is 1. The van der Waals surface area contributed by atoms with Crippen molar-refractivity contribution in [3.8, 4) is 0 Å². The second kappa shape index (κ2) is 6.71. The van der Waals surface area contributed by atoms with Gasteiger partial charge in [-0.25, -0.2) is 0 Å². The van der Waals surface area contributed by atoms with Crippen LogP contribution >= 0.6 is 38.9 Å². The molecule has 1 unspecified atom stereocenters. The molecule has 1 fully saturated rings. The molecule has 1 aromatic heterocycles. The van der Waals surface area contributed by atoms with Crippen molar-refractivity contribution in [2.45, 2.75) is 44.7 Å². The smallest absolute Gasteiger partial charge is 0.107 e. The highest BCUT2D eigenvalue weighted by Gasteiger charge is 2.34. The Morgan fingerprint density at radius 1 is 1.61 bits per heavy atom. The van der Waals surface area contributed by atoms with Gasteiger partial charge in [0.25, 0.3) is 0 Å². The zero-order chi connectivity index (χ0) is 13.1. The summed E-state index contributed by atoms with van der Waals surface area (Å²) in [5.74, 6) is 0. The minimum Gasteiger partial charge on any atom is -0.329 e. The van der Waals surface area contributed by atoms with Gasteiger partial charge < -0.3 is 5.73 Å². The van der Waals surface area contributed by atoms with Crippen molar-refractivity contribution in [3.05, 3.63) is 19.8 Å². The fraction of sp³-hybridized carbons (Fsp3) is 0.692. The minimum atomic E-state index is 0.331. The number of nitrogens with zero attached hydrogens (tertiary/aromatic N) is 1. The Morgan fingerprint density at radius 3 is 2.78 bits per heavy atom. The maximum absolute atomic E-state index is 6.15. The summed E-state index contributed by atoms with van der Waals surface area (Å²) in [4.78, 5) is 3.87. The van der Waals surface area contributed by atoms with E-state index in [1.54, 1.807) is 11.3 Å². The summed E-state index contributed by atoms with van der Waals surface area (Å²) in [5, 5.41) is 0. The van der Waals surface area contributed by atoms with Gasteiger partial charge in [-0.2, -0.15) is 0 Å². The quantitative estimate of drug-likeness (QED) is 0.787. The molecule has 5 heteroatoms. The van der Waals surface area contributed by atoms with Crippen LogP contribution < -0.4 is 5.73 Å². The molecule has 1 atom stereocenters. The van der Waals surface area contributed by atoms with E-state index in [1.165, 1.54) is 30.6 Å². The number of rotatable bonds is 7. The Hall–Kier alpha value is 0.390. The lowest BCUT2D eigenvalue weighted by atomic mass is 10.1. The van der Waals surface area contributed by atoms with Crippen molar-refractivity contribution in [1.29, 1.82) is 0 Å². The van der Waals surface area contributed by atoms with E-state index in [1.807, 2.05) is 0 Å². The zero-order valence-electron chi connectivity index (χ0n) is 10.7. The molecule has 1 aliphatic rings. The van der Waals surface area contributed by atoms with Gasteiger partial charge in [-0.15, -0.1) is 11.3 Å². The van der Waals surface area contributed by atoms with Crippen LogP contribution in [0.15, 0.2) is 10.5 Å². The molecule has 1 saturated carbocycles. The summed E-state index contributed by atoms with van der Waals surface area (Å²) in [5.41, 5.74) is 6.01. The van der Waals surface area contributed by atoms with E-state index in [0.29, 0.717) is 12.6 Å². The lowest BCUT2D eigenvalue weighted by molar-refractivity contribution is 0.191. The number of thiophene rings is 1. The molecule has 2 nitrogen and oxygen atoms in total. The average Bonchev–Trinajstić information content (AvgIpc) is 3.13. The molecule has 0 bridgehead atoms. The lowest BCUT2D eigenvalue weighted by Gasteiger charge is -2.30. The molecule has 1 aliphatic carbocycles. The van der Waals surface area contributed by atoms with Gasteiger partial charge in [0.2, 0.25) is 0 Å². The van der Waals surface area contributed by atoms with E-state index in [2.05, 4.69) is 33.8 Å². The fourth-order valence-electron chi connectivity index (χ4n) is 2.28. The van der Waals surface area contributed by atoms with E-state index in [4.69, 9.17) is 17.3 Å². The monoisotopic (exact) mass is 350 g/mol. The van der Waals surface area contributed by atoms with Gasteiger partial charge in [-0.3, -0.25) is 4.90 Å². The maximum atomic E-state index is 6.15. The first kappa shape index (κ1) is 14.8. The Labute approximate surface area is 127 Å². The van der Waals surface area contributed by atoms with Crippen molar-refractivity contribution in [1.82, 2.24) is 4.90 Å². The third-order valence-electron chi connectivity index (χ3n) is 3.40. The third-order valence-corrected chi connectivity index (χ3v) is 5.98. The van der Waals surface area contributed by atoms with Crippen LogP contribution in [-0.4, -0.2) is 24.0 Å². The predicted octanol–water partition coefficient (Wildman–Crippen LogP) is 4.43. The molecular weight excluding hydrogens is 332 g/mol. The topological polar surface area (TPSA) is 29.3 Å². The molecule has 0 aromatic carbocycles. The molecule has 2 N–H and O–H groups in total. The summed E-state index contributed by atoms with van der Waals surface area (Å²) < 4.78 is 1.82. The zero-order valence-corrected chi connectivity index (χ0v) is 13.8. The maximum Gasteiger partial charge on any atom is 0.107 e.